The van der Waals surface area contributed by atoms with Gasteiger partial charge in [0, 0.05) is 0 Å². The van der Waals surface area contributed by atoms with E-state index in [1.165, 1.54) is 0 Å². The highest BCUT2D eigenvalue weighted by Gasteiger charge is 2.00. The predicted molar refractivity (Wildman–Crippen MR) is 33.5 cm³/mol. The molecule has 0 aromatic carbocycles. The Hall–Kier alpha value is -0.140. The van der Waals surface area contributed by atoms with Crippen LogP contribution in [0.4, 0.5) is 0 Å². The van der Waals surface area contributed by atoms with Gasteiger partial charge in [0.05, 0.1) is 5.02 Å². The van der Waals surface area contributed by atoms with E-state index in [-0.39, 0.29) is 5.22 Å². The zero-order chi connectivity index (χ0) is 6.15. The van der Waals surface area contributed by atoms with Crippen LogP contribution in [0, 0.1) is 6.92 Å². The Balaban J connectivity index is 3.14. The molecule has 0 aliphatic rings. The average molecular weight is 151 g/mol. The van der Waals surface area contributed by atoms with E-state index < -0.39 is 0 Å². The number of furan rings is 1. The molecule has 1 aromatic rings. The summed E-state index contributed by atoms with van der Waals surface area (Å²) in [5, 5.41) is 0.744. The third kappa shape index (κ3) is 0.984. The van der Waals surface area contributed by atoms with E-state index in [1.54, 1.807) is 13.0 Å². The van der Waals surface area contributed by atoms with Crippen LogP contribution < -0.4 is 0 Å². The highest BCUT2D eigenvalue weighted by molar-refractivity contribution is 6.40. The van der Waals surface area contributed by atoms with Crippen molar-refractivity contribution in [1.82, 2.24) is 0 Å². The van der Waals surface area contributed by atoms with Gasteiger partial charge in [0.1, 0.15) is 5.76 Å². The normalized spacial score (nSPS) is 9.88. The quantitative estimate of drug-likeness (QED) is 0.555. The maximum atomic E-state index is 5.50. The molecule has 1 heterocycles. The van der Waals surface area contributed by atoms with E-state index in [1.807, 2.05) is 0 Å². The molecule has 44 valence electrons. The lowest BCUT2D eigenvalue weighted by Gasteiger charge is -1.75. The van der Waals surface area contributed by atoms with Crippen LogP contribution in [0.3, 0.4) is 0 Å². The van der Waals surface area contributed by atoms with Crippen LogP contribution >= 0.6 is 23.2 Å². The molecular formula is C5H4Cl2O. The van der Waals surface area contributed by atoms with Crippen molar-refractivity contribution < 1.29 is 4.42 Å². The summed E-state index contributed by atoms with van der Waals surface area (Å²) >= 11 is 10.9. The minimum Gasteiger partial charge on any atom is -0.448 e. The van der Waals surface area contributed by atoms with Crippen molar-refractivity contribution in [3.05, 3.63) is 22.1 Å². The fraction of sp³-hybridized carbons (Fsp3) is 0.200. The van der Waals surface area contributed by atoms with Gasteiger partial charge in [-0.3, -0.25) is 0 Å². The lowest BCUT2D eigenvalue weighted by molar-refractivity contribution is 0.536. The van der Waals surface area contributed by atoms with Crippen molar-refractivity contribution in [3.8, 4) is 0 Å². The Labute approximate surface area is 57.2 Å². The maximum Gasteiger partial charge on any atom is 0.212 e. The molecule has 0 radical (unpaired) electrons. The van der Waals surface area contributed by atoms with Gasteiger partial charge in [-0.15, -0.1) is 0 Å². The van der Waals surface area contributed by atoms with E-state index in [0.29, 0.717) is 5.02 Å². The monoisotopic (exact) mass is 150 g/mol. The molecule has 0 atom stereocenters. The summed E-state index contributed by atoms with van der Waals surface area (Å²) in [6.07, 6.45) is 0. The van der Waals surface area contributed by atoms with Crippen LogP contribution in [-0.4, -0.2) is 0 Å². The predicted octanol–water partition coefficient (Wildman–Crippen LogP) is 2.89. The third-order valence-corrected chi connectivity index (χ3v) is 1.43. The van der Waals surface area contributed by atoms with Crippen LogP contribution in [-0.2, 0) is 0 Å². The average Bonchev–Trinajstić information content (AvgIpc) is 1.85. The number of hydrogen-bond donors (Lipinski definition) is 0. The maximum absolute atomic E-state index is 5.50. The van der Waals surface area contributed by atoms with E-state index in [4.69, 9.17) is 27.6 Å². The van der Waals surface area contributed by atoms with Crippen molar-refractivity contribution in [2.75, 3.05) is 0 Å². The van der Waals surface area contributed by atoms with Gasteiger partial charge in [-0.2, -0.15) is 0 Å². The third-order valence-electron chi connectivity index (χ3n) is 0.768. The zero-order valence-corrected chi connectivity index (χ0v) is 5.75. The molecule has 0 bridgehead atoms. The number of aryl methyl sites for hydroxylation is 1. The summed E-state index contributed by atoms with van der Waals surface area (Å²) in [6.45, 7) is 1.79. The van der Waals surface area contributed by atoms with Crippen LogP contribution in [0.2, 0.25) is 10.2 Å². The Morgan fingerprint density at radius 1 is 1.50 bits per heavy atom. The summed E-state index contributed by atoms with van der Waals surface area (Å²) in [6, 6.07) is 1.67. The summed E-state index contributed by atoms with van der Waals surface area (Å²) in [4.78, 5) is 0. The van der Waals surface area contributed by atoms with E-state index in [0.717, 1.165) is 5.76 Å². The molecule has 0 fully saturated rings. The highest BCUT2D eigenvalue weighted by Crippen LogP contribution is 2.24. The van der Waals surface area contributed by atoms with Gasteiger partial charge in [0.2, 0.25) is 5.22 Å². The molecular weight excluding hydrogens is 147 g/mol. The van der Waals surface area contributed by atoms with Gasteiger partial charge in [-0.25, -0.2) is 0 Å². The molecule has 8 heavy (non-hydrogen) atoms. The Bertz CT molecular complexity index is 173. The molecule has 1 rings (SSSR count). The highest BCUT2D eigenvalue weighted by atomic mass is 35.5. The van der Waals surface area contributed by atoms with Gasteiger partial charge in [-0.05, 0) is 24.6 Å². The summed E-state index contributed by atoms with van der Waals surface area (Å²) in [7, 11) is 0. The van der Waals surface area contributed by atoms with Gasteiger partial charge in [0.15, 0.2) is 0 Å². The second-order valence-corrected chi connectivity index (χ2v) is 2.23. The molecule has 0 saturated heterocycles. The molecule has 0 aliphatic carbocycles. The number of halogens is 2. The fourth-order valence-corrected chi connectivity index (χ4v) is 0.823. The minimum absolute atomic E-state index is 0.268. The molecule has 0 spiro atoms. The molecule has 0 unspecified atom stereocenters. The van der Waals surface area contributed by atoms with Gasteiger partial charge >= 0.3 is 0 Å². The first-order valence-corrected chi connectivity index (χ1v) is 2.87. The molecule has 1 aromatic heterocycles. The molecule has 0 amide bonds. The number of hydrogen-bond acceptors (Lipinski definition) is 1. The second kappa shape index (κ2) is 2.00. The molecule has 3 heteroatoms. The van der Waals surface area contributed by atoms with Crippen molar-refractivity contribution in [2.24, 2.45) is 0 Å². The first-order valence-electron chi connectivity index (χ1n) is 2.11. The molecule has 0 saturated carbocycles. The van der Waals surface area contributed by atoms with E-state index in [2.05, 4.69) is 0 Å². The van der Waals surface area contributed by atoms with Gasteiger partial charge in [0.25, 0.3) is 0 Å². The topological polar surface area (TPSA) is 13.1 Å². The number of rotatable bonds is 0. The molecule has 0 N–H and O–H groups in total. The minimum atomic E-state index is 0.268. The van der Waals surface area contributed by atoms with Crippen molar-refractivity contribution in [1.29, 1.82) is 0 Å². The van der Waals surface area contributed by atoms with Crippen molar-refractivity contribution in [2.45, 2.75) is 6.92 Å². The lowest BCUT2D eigenvalue weighted by Crippen LogP contribution is -1.49. The van der Waals surface area contributed by atoms with Crippen molar-refractivity contribution >= 4 is 23.2 Å². The summed E-state index contributed by atoms with van der Waals surface area (Å²) in [5.74, 6) is 0.736. The Morgan fingerprint density at radius 3 is 2.25 bits per heavy atom. The largest absolute Gasteiger partial charge is 0.448 e. The first-order chi connectivity index (χ1) is 3.70. The smallest absolute Gasteiger partial charge is 0.212 e. The SMILES string of the molecule is Cc1cc(Cl)c(Cl)o1. The fourth-order valence-electron chi connectivity index (χ4n) is 0.455. The van der Waals surface area contributed by atoms with Crippen LogP contribution in [0.5, 0.6) is 0 Å². The summed E-state index contributed by atoms with van der Waals surface area (Å²) in [5.41, 5.74) is 0. The molecule has 1 nitrogen and oxygen atoms in total. The zero-order valence-electron chi connectivity index (χ0n) is 4.24. The molecule has 0 aliphatic heterocycles. The Kier molecular flexibility index (Phi) is 1.49. The van der Waals surface area contributed by atoms with Crippen LogP contribution in [0.15, 0.2) is 10.5 Å². The van der Waals surface area contributed by atoms with Gasteiger partial charge in [-0.1, -0.05) is 11.6 Å². The summed E-state index contributed by atoms with van der Waals surface area (Å²) < 4.78 is 4.85. The first kappa shape index (κ1) is 5.99. The van der Waals surface area contributed by atoms with Gasteiger partial charge < -0.3 is 4.42 Å². The van der Waals surface area contributed by atoms with Crippen LogP contribution in [0.1, 0.15) is 5.76 Å². The Morgan fingerprint density at radius 2 is 2.12 bits per heavy atom. The lowest BCUT2D eigenvalue weighted by atomic mass is 10.5. The van der Waals surface area contributed by atoms with E-state index in [9.17, 15) is 0 Å². The van der Waals surface area contributed by atoms with E-state index >= 15 is 0 Å². The van der Waals surface area contributed by atoms with Crippen molar-refractivity contribution in [3.63, 3.8) is 0 Å². The standard InChI is InChI=1S/C5H4Cl2O/c1-3-2-4(6)5(7)8-3/h2H,1H3. The van der Waals surface area contributed by atoms with Crippen LogP contribution in [0.25, 0.3) is 0 Å². The second-order valence-electron chi connectivity index (χ2n) is 1.48.